The molecule has 0 amide bonds. The molecule has 3 fully saturated rings. The van der Waals surface area contributed by atoms with E-state index in [1.807, 2.05) is 0 Å². The van der Waals surface area contributed by atoms with Gasteiger partial charge < -0.3 is 4.18 Å². The molecule has 2 saturated carbocycles. The van der Waals surface area contributed by atoms with Crippen molar-refractivity contribution in [3.8, 4) is 0 Å². The van der Waals surface area contributed by atoms with Gasteiger partial charge in [0.25, 0.3) is 0 Å². The van der Waals surface area contributed by atoms with Crippen molar-refractivity contribution in [2.75, 3.05) is 11.5 Å². The van der Waals surface area contributed by atoms with Gasteiger partial charge in [0.15, 0.2) is 0 Å². The molecule has 0 aromatic carbocycles. The third-order valence-electron chi connectivity index (χ3n) is 5.55. The van der Waals surface area contributed by atoms with Crippen LogP contribution in [0, 0.1) is 16.7 Å². The van der Waals surface area contributed by atoms with Crippen molar-refractivity contribution in [2.45, 2.75) is 46.1 Å². The molecule has 0 aromatic heterocycles. The summed E-state index contributed by atoms with van der Waals surface area (Å²) in [6.07, 6.45) is 4.52. The summed E-state index contributed by atoms with van der Waals surface area (Å²) >= 11 is 0. The van der Waals surface area contributed by atoms with Crippen LogP contribution in [0.1, 0.15) is 40.0 Å². The minimum Gasteiger partial charge on any atom is -0.319 e. The molecule has 1 aliphatic heterocycles. The fraction of sp³-hybridized carbons (Fsp3) is 1.00. The molecule has 1 saturated heterocycles. The van der Waals surface area contributed by atoms with Crippen LogP contribution in [-0.4, -0.2) is 17.6 Å². The van der Waals surface area contributed by atoms with Gasteiger partial charge in [-0.3, -0.25) is 0 Å². The molecule has 88 valence electrons. The highest BCUT2D eigenvalue weighted by atomic mass is 35.7. The molecule has 2 aliphatic carbocycles. The Labute approximate surface area is 98.9 Å². The molecule has 1 heterocycles. The fourth-order valence-corrected chi connectivity index (χ4v) is 7.68. The van der Waals surface area contributed by atoms with Crippen LogP contribution in [-0.2, 0) is 4.18 Å². The highest BCUT2D eigenvalue weighted by molar-refractivity contribution is 8.47. The van der Waals surface area contributed by atoms with Gasteiger partial charge in [0, 0.05) is 16.9 Å². The van der Waals surface area contributed by atoms with Crippen LogP contribution in [0.2, 0.25) is 0 Å². The normalized spacial score (nSPS) is 60.3. The Kier molecular flexibility index (Phi) is 2.06. The van der Waals surface area contributed by atoms with E-state index < -0.39 is 9.52 Å². The number of hydrogen-bond donors (Lipinski definition) is 0. The minimum atomic E-state index is -1.24. The van der Waals surface area contributed by atoms with Gasteiger partial charge in [0.05, 0.1) is 6.10 Å². The lowest BCUT2D eigenvalue weighted by molar-refractivity contribution is 0.0736. The summed E-state index contributed by atoms with van der Waals surface area (Å²) < 4.78 is 6.23. The molecule has 0 radical (unpaired) electrons. The summed E-state index contributed by atoms with van der Waals surface area (Å²) in [5.74, 6) is 3.07. The molecule has 0 aromatic rings. The Bertz CT molecular complexity index is 306. The summed E-state index contributed by atoms with van der Waals surface area (Å²) in [4.78, 5) is 0. The van der Waals surface area contributed by atoms with E-state index in [9.17, 15) is 0 Å². The first-order valence-corrected chi connectivity index (χ1v) is 8.82. The SMILES string of the molecule is CCS1(Cl)C[C@]23CC[C@H](C[C@H]2O1)C3(C)C. The maximum Gasteiger partial charge on any atom is 0.0787 e. The predicted octanol–water partition coefficient (Wildman–Crippen LogP) is 4.10. The van der Waals surface area contributed by atoms with Crippen molar-refractivity contribution in [3.05, 3.63) is 0 Å². The number of fused-ring (bicyclic) bond motifs is 1. The van der Waals surface area contributed by atoms with Crippen LogP contribution in [0.4, 0.5) is 0 Å². The lowest BCUT2D eigenvalue weighted by Crippen LogP contribution is -2.37. The van der Waals surface area contributed by atoms with Crippen molar-refractivity contribution >= 4 is 20.2 Å². The first-order chi connectivity index (χ1) is 6.94. The molecule has 2 bridgehead atoms. The van der Waals surface area contributed by atoms with Crippen LogP contribution in [0.25, 0.3) is 0 Å². The van der Waals surface area contributed by atoms with Gasteiger partial charge in [-0.1, -0.05) is 30.3 Å². The van der Waals surface area contributed by atoms with E-state index in [1.165, 1.54) is 19.3 Å². The molecular formula is C12H21ClOS. The maximum absolute atomic E-state index is 6.63. The summed E-state index contributed by atoms with van der Waals surface area (Å²) in [7, 11) is 5.39. The van der Waals surface area contributed by atoms with E-state index in [4.69, 9.17) is 14.9 Å². The zero-order valence-electron chi connectivity index (χ0n) is 9.88. The van der Waals surface area contributed by atoms with Gasteiger partial charge in [-0.15, -0.1) is 0 Å². The molecule has 1 nitrogen and oxygen atoms in total. The first kappa shape index (κ1) is 10.7. The number of hydrogen-bond acceptors (Lipinski definition) is 1. The molecule has 3 aliphatic rings. The molecule has 4 atom stereocenters. The predicted molar refractivity (Wildman–Crippen MR) is 67.3 cm³/mol. The molecule has 1 unspecified atom stereocenters. The van der Waals surface area contributed by atoms with Gasteiger partial charge in [-0.25, -0.2) is 0 Å². The molecule has 3 heteroatoms. The lowest BCUT2D eigenvalue weighted by Gasteiger charge is -2.37. The van der Waals surface area contributed by atoms with Crippen LogP contribution in [0.5, 0.6) is 0 Å². The van der Waals surface area contributed by atoms with E-state index >= 15 is 0 Å². The van der Waals surface area contributed by atoms with Crippen molar-refractivity contribution in [1.29, 1.82) is 0 Å². The minimum absolute atomic E-state index is 0.435. The van der Waals surface area contributed by atoms with E-state index in [0.29, 0.717) is 16.9 Å². The van der Waals surface area contributed by atoms with Crippen molar-refractivity contribution < 1.29 is 4.18 Å². The fourth-order valence-electron chi connectivity index (χ4n) is 4.27. The Morgan fingerprint density at radius 1 is 1.47 bits per heavy atom. The average molecular weight is 249 g/mol. The Morgan fingerprint density at radius 2 is 2.20 bits per heavy atom. The van der Waals surface area contributed by atoms with Gasteiger partial charge in [-0.2, -0.15) is 0 Å². The molecule has 3 rings (SSSR count). The topological polar surface area (TPSA) is 9.23 Å². The summed E-state index contributed by atoms with van der Waals surface area (Å²) in [6, 6.07) is 0. The average Bonchev–Trinajstić information content (AvgIpc) is 2.68. The second-order valence-corrected chi connectivity index (χ2v) is 10.3. The third-order valence-corrected chi connectivity index (χ3v) is 9.14. The zero-order chi connectivity index (χ0) is 10.9. The summed E-state index contributed by atoms with van der Waals surface area (Å²) in [6.45, 7) is 7.08. The van der Waals surface area contributed by atoms with E-state index in [-0.39, 0.29) is 0 Å². The highest BCUT2D eigenvalue weighted by Crippen LogP contribution is 2.78. The third kappa shape index (κ3) is 1.11. The van der Waals surface area contributed by atoms with E-state index in [1.54, 1.807) is 0 Å². The smallest absolute Gasteiger partial charge is 0.0787 e. The lowest BCUT2D eigenvalue weighted by atomic mass is 9.70. The largest absolute Gasteiger partial charge is 0.319 e. The molecule has 1 spiro atoms. The van der Waals surface area contributed by atoms with Crippen LogP contribution >= 0.6 is 20.2 Å². The highest BCUT2D eigenvalue weighted by Gasteiger charge is 2.69. The van der Waals surface area contributed by atoms with Crippen LogP contribution in [0.15, 0.2) is 0 Å². The summed E-state index contributed by atoms with van der Waals surface area (Å²) in [5.41, 5.74) is 0.904. The standard InChI is InChI=1S/C12H21ClOS/c1-4-15(13)8-12-6-5-9(11(12,2)3)7-10(12)14-15/h9-10H,4-8H2,1-3H3/t9-,10-,12-/m1/s1. The van der Waals surface area contributed by atoms with Gasteiger partial charge >= 0.3 is 0 Å². The Balaban J connectivity index is 1.99. The van der Waals surface area contributed by atoms with Crippen molar-refractivity contribution in [2.24, 2.45) is 16.7 Å². The first-order valence-electron chi connectivity index (χ1n) is 6.10. The second-order valence-electron chi connectivity index (χ2n) is 6.09. The quantitative estimate of drug-likeness (QED) is 0.679. The Morgan fingerprint density at radius 3 is 2.73 bits per heavy atom. The Hall–Kier alpha value is 0.600. The van der Waals surface area contributed by atoms with Crippen LogP contribution in [0.3, 0.4) is 0 Å². The van der Waals surface area contributed by atoms with Gasteiger partial charge in [0.1, 0.15) is 0 Å². The van der Waals surface area contributed by atoms with E-state index in [0.717, 1.165) is 17.4 Å². The van der Waals surface area contributed by atoms with Crippen LogP contribution < -0.4 is 0 Å². The second kappa shape index (κ2) is 2.88. The molecule has 15 heavy (non-hydrogen) atoms. The van der Waals surface area contributed by atoms with Gasteiger partial charge in [0.2, 0.25) is 0 Å². The number of rotatable bonds is 1. The maximum atomic E-state index is 6.63. The number of halogens is 1. The van der Waals surface area contributed by atoms with E-state index in [2.05, 4.69) is 20.8 Å². The summed E-state index contributed by atoms with van der Waals surface area (Å²) in [5, 5.41) is 0. The van der Waals surface area contributed by atoms with Gasteiger partial charge in [-0.05, 0) is 41.3 Å². The van der Waals surface area contributed by atoms with Crippen molar-refractivity contribution in [1.82, 2.24) is 0 Å². The molecular weight excluding hydrogens is 228 g/mol. The molecule has 0 N–H and O–H groups in total. The zero-order valence-corrected chi connectivity index (χ0v) is 11.5. The monoisotopic (exact) mass is 248 g/mol. The van der Waals surface area contributed by atoms with Crippen molar-refractivity contribution in [3.63, 3.8) is 0 Å².